The van der Waals surface area contributed by atoms with Crippen molar-refractivity contribution < 1.29 is 9.47 Å². The zero-order chi connectivity index (χ0) is 13.3. The molecule has 0 unspecified atom stereocenters. The molecule has 1 aliphatic carbocycles. The first-order chi connectivity index (χ1) is 9.38. The van der Waals surface area contributed by atoms with Gasteiger partial charge in [0.15, 0.2) is 5.96 Å². The number of unbranched alkanes of at least 4 members (excludes halogenated alkanes) is 1. The van der Waals surface area contributed by atoms with Gasteiger partial charge in [0.05, 0.1) is 0 Å². The van der Waals surface area contributed by atoms with Crippen LogP contribution >= 0.6 is 0 Å². The molecular formula is C14H27N3O2. The van der Waals surface area contributed by atoms with Crippen LogP contribution in [0, 0.1) is 0 Å². The summed E-state index contributed by atoms with van der Waals surface area (Å²) >= 11 is 0. The third kappa shape index (κ3) is 6.25. The Morgan fingerprint density at radius 2 is 1.79 bits per heavy atom. The second-order valence-electron chi connectivity index (χ2n) is 5.38. The largest absolute Gasteiger partial charge is 0.385 e. The van der Waals surface area contributed by atoms with Crippen molar-refractivity contribution in [2.24, 2.45) is 4.99 Å². The van der Waals surface area contributed by atoms with Gasteiger partial charge in [-0.15, -0.1) is 0 Å². The molecule has 2 fully saturated rings. The van der Waals surface area contributed by atoms with Gasteiger partial charge in [-0.25, -0.2) is 0 Å². The molecular weight excluding hydrogens is 242 g/mol. The van der Waals surface area contributed by atoms with Crippen LogP contribution in [0.15, 0.2) is 4.99 Å². The van der Waals surface area contributed by atoms with Crippen LogP contribution in [0.5, 0.6) is 0 Å². The van der Waals surface area contributed by atoms with Crippen molar-refractivity contribution in [2.75, 3.05) is 33.5 Å². The van der Waals surface area contributed by atoms with Gasteiger partial charge >= 0.3 is 0 Å². The highest BCUT2D eigenvalue weighted by Crippen LogP contribution is 2.18. The molecule has 1 saturated heterocycles. The first-order valence-electron chi connectivity index (χ1n) is 7.52. The number of nitrogens with zero attached hydrogens (tertiary/aromatic N) is 1. The number of hydrogen-bond acceptors (Lipinski definition) is 3. The molecule has 0 aromatic rings. The summed E-state index contributed by atoms with van der Waals surface area (Å²) in [6.07, 6.45) is 6.87. The molecule has 5 heteroatoms. The lowest BCUT2D eigenvalue weighted by Gasteiger charge is -2.25. The minimum absolute atomic E-state index is 0.512. The quantitative estimate of drug-likeness (QED) is 0.415. The van der Waals surface area contributed by atoms with Gasteiger partial charge in [0.2, 0.25) is 0 Å². The average molecular weight is 269 g/mol. The molecule has 0 bridgehead atoms. The van der Waals surface area contributed by atoms with Gasteiger partial charge in [-0.1, -0.05) is 0 Å². The summed E-state index contributed by atoms with van der Waals surface area (Å²) in [4.78, 5) is 4.67. The van der Waals surface area contributed by atoms with Crippen molar-refractivity contribution in [1.82, 2.24) is 10.6 Å². The standard InChI is InChI=1S/C14H27N3O2/c1-18-9-3-2-8-15-14(16-12-4-5-12)17-13-6-10-19-11-7-13/h12-13H,2-11H2,1H3,(H2,15,16,17). The molecule has 0 aromatic heterocycles. The molecule has 19 heavy (non-hydrogen) atoms. The maximum atomic E-state index is 5.39. The van der Waals surface area contributed by atoms with Crippen molar-refractivity contribution in [1.29, 1.82) is 0 Å². The lowest BCUT2D eigenvalue weighted by Crippen LogP contribution is -2.46. The Bertz CT molecular complexity index is 274. The number of rotatable bonds is 7. The van der Waals surface area contributed by atoms with Gasteiger partial charge in [-0.05, 0) is 38.5 Å². The van der Waals surface area contributed by atoms with Gasteiger partial charge < -0.3 is 20.1 Å². The third-order valence-corrected chi connectivity index (χ3v) is 3.51. The fraction of sp³-hybridized carbons (Fsp3) is 0.929. The van der Waals surface area contributed by atoms with Crippen LogP contribution in [0.4, 0.5) is 0 Å². The van der Waals surface area contributed by atoms with Gasteiger partial charge in [-0.2, -0.15) is 0 Å². The zero-order valence-corrected chi connectivity index (χ0v) is 12.0. The van der Waals surface area contributed by atoms with E-state index >= 15 is 0 Å². The van der Waals surface area contributed by atoms with E-state index in [1.54, 1.807) is 7.11 Å². The van der Waals surface area contributed by atoms with E-state index in [0.717, 1.165) is 58.0 Å². The number of methoxy groups -OCH3 is 1. The Morgan fingerprint density at radius 3 is 2.42 bits per heavy atom. The first kappa shape index (κ1) is 14.6. The van der Waals surface area contributed by atoms with E-state index in [2.05, 4.69) is 15.6 Å². The average Bonchev–Trinajstić information content (AvgIpc) is 3.23. The minimum Gasteiger partial charge on any atom is -0.385 e. The van der Waals surface area contributed by atoms with Crippen molar-refractivity contribution in [3.8, 4) is 0 Å². The number of hydrogen-bond donors (Lipinski definition) is 2. The topological polar surface area (TPSA) is 54.9 Å². The molecule has 1 saturated carbocycles. The second-order valence-corrected chi connectivity index (χ2v) is 5.38. The van der Waals surface area contributed by atoms with E-state index in [4.69, 9.17) is 9.47 Å². The predicted molar refractivity (Wildman–Crippen MR) is 76.5 cm³/mol. The summed E-state index contributed by atoms with van der Waals surface area (Å²) in [5.74, 6) is 0.992. The summed E-state index contributed by atoms with van der Waals surface area (Å²) < 4.78 is 10.4. The van der Waals surface area contributed by atoms with Crippen molar-refractivity contribution in [3.05, 3.63) is 0 Å². The normalized spacial score (nSPS) is 21.4. The number of ether oxygens (including phenoxy) is 2. The van der Waals surface area contributed by atoms with E-state index in [9.17, 15) is 0 Å². The van der Waals surface area contributed by atoms with Crippen molar-refractivity contribution in [2.45, 2.75) is 50.6 Å². The zero-order valence-electron chi connectivity index (χ0n) is 12.0. The molecule has 0 amide bonds. The third-order valence-electron chi connectivity index (χ3n) is 3.51. The highest BCUT2D eigenvalue weighted by Gasteiger charge is 2.23. The fourth-order valence-corrected chi connectivity index (χ4v) is 2.14. The van der Waals surface area contributed by atoms with E-state index in [0.29, 0.717) is 12.1 Å². The predicted octanol–water partition coefficient (Wildman–Crippen LogP) is 1.29. The highest BCUT2D eigenvalue weighted by molar-refractivity contribution is 5.80. The summed E-state index contributed by atoms with van der Waals surface area (Å²) in [6.45, 7) is 3.42. The Hall–Kier alpha value is -0.810. The first-order valence-corrected chi connectivity index (χ1v) is 7.52. The summed E-state index contributed by atoms with van der Waals surface area (Å²) in [5, 5.41) is 7.04. The van der Waals surface area contributed by atoms with Crippen LogP contribution < -0.4 is 10.6 Å². The van der Waals surface area contributed by atoms with Crippen LogP contribution in [-0.4, -0.2) is 51.5 Å². The van der Waals surface area contributed by atoms with E-state index in [1.807, 2.05) is 0 Å². The van der Waals surface area contributed by atoms with Crippen LogP contribution in [0.3, 0.4) is 0 Å². The summed E-state index contributed by atoms with van der Waals surface area (Å²) in [6, 6.07) is 1.16. The van der Waals surface area contributed by atoms with Crippen molar-refractivity contribution in [3.63, 3.8) is 0 Å². The Balaban J connectivity index is 1.71. The lowest BCUT2D eigenvalue weighted by molar-refractivity contribution is 0.0822. The molecule has 110 valence electrons. The molecule has 2 aliphatic rings. The molecule has 1 aliphatic heterocycles. The number of nitrogens with one attached hydrogen (secondary N) is 2. The number of aliphatic imine (C=N–C) groups is 1. The SMILES string of the molecule is COCCCCN=C(NC1CCOCC1)NC1CC1. The molecule has 2 N–H and O–H groups in total. The Morgan fingerprint density at radius 1 is 1.11 bits per heavy atom. The lowest BCUT2D eigenvalue weighted by atomic mass is 10.1. The van der Waals surface area contributed by atoms with Crippen molar-refractivity contribution >= 4 is 5.96 Å². The van der Waals surface area contributed by atoms with Crippen LogP contribution in [0.1, 0.15) is 38.5 Å². The summed E-state index contributed by atoms with van der Waals surface area (Å²) in [7, 11) is 1.75. The van der Waals surface area contributed by atoms with E-state index < -0.39 is 0 Å². The van der Waals surface area contributed by atoms with Crippen LogP contribution in [0.25, 0.3) is 0 Å². The highest BCUT2D eigenvalue weighted by atomic mass is 16.5. The van der Waals surface area contributed by atoms with Gasteiger partial charge in [0, 0.05) is 45.6 Å². The molecule has 0 atom stereocenters. The van der Waals surface area contributed by atoms with Gasteiger partial charge in [0.1, 0.15) is 0 Å². The Kier molecular flexibility index (Phi) is 6.44. The molecule has 5 nitrogen and oxygen atoms in total. The monoisotopic (exact) mass is 269 g/mol. The molecule has 0 radical (unpaired) electrons. The minimum atomic E-state index is 0.512. The maximum Gasteiger partial charge on any atom is 0.191 e. The molecule has 1 heterocycles. The van der Waals surface area contributed by atoms with E-state index in [1.165, 1.54) is 12.8 Å². The molecule has 0 aromatic carbocycles. The fourth-order valence-electron chi connectivity index (χ4n) is 2.14. The summed E-state index contributed by atoms with van der Waals surface area (Å²) in [5.41, 5.74) is 0. The maximum absolute atomic E-state index is 5.39. The van der Waals surface area contributed by atoms with Crippen LogP contribution in [0.2, 0.25) is 0 Å². The van der Waals surface area contributed by atoms with Crippen LogP contribution in [-0.2, 0) is 9.47 Å². The van der Waals surface area contributed by atoms with Gasteiger partial charge in [-0.3, -0.25) is 4.99 Å². The number of guanidine groups is 1. The smallest absolute Gasteiger partial charge is 0.191 e. The van der Waals surface area contributed by atoms with Gasteiger partial charge in [0.25, 0.3) is 0 Å². The van der Waals surface area contributed by atoms with E-state index in [-0.39, 0.29) is 0 Å². The molecule has 0 spiro atoms. The molecule has 2 rings (SSSR count). The second kappa shape index (κ2) is 8.38. The Labute approximate surface area is 116 Å².